The van der Waals surface area contributed by atoms with Crippen molar-refractivity contribution in [2.24, 2.45) is 0 Å². The second kappa shape index (κ2) is 6.22. The average molecular weight is 276 g/mol. The van der Waals surface area contributed by atoms with Gasteiger partial charge in [0.15, 0.2) is 0 Å². The van der Waals surface area contributed by atoms with Crippen molar-refractivity contribution >= 4 is 11.7 Å². The number of pyridine rings is 1. The first-order chi connectivity index (χ1) is 9.49. The number of nitrogens with zero attached hydrogens (tertiary/aromatic N) is 3. The van der Waals surface area contributed by atoms with Crippen molar-refractivity contribution in [3.05, 3.63) is 23.9 Å². The number of carbonyl (C=O) groups is 1. The van der Waals surface area contributed by atoms with Crippen LogP contribution >= 0.6 is 0 Å². The van der Waals surface area contributed by atoms with Crippen LogP contribution in [0.15, 0.2) is 18.3 Å². The molecule has 1 aliphatic heterocycles. The van der Waals surface area contributed by atoms with Crippen LogP contribution < -0.4 is 10.2 Å². The van der Waals surface area contributed by atoms with Crippen LogP contribution in [0, 0.1) is 0 Å². The second-order valence-corrected chi connectivity index (χ2v) is 5.82. The molecule has 0 bridgehead atoms. The third-order valence-corrected chi connectivity index (χ3v) is 3.74. The fourth-order valence-corrected chi connectivity index (χ4v) is 2.57. The molecular weight excluding hydrogens is 252 g/mol. The van der Waals surface area contributed by atoms with Gasteiger partial charge in [-0.15, -0.1) is 0 Å². The predicted molar refractivity (Wildman–Crippen MR) is 81.1 cm³/mol. The number of hydrogen-bond donors (Lipinski definition) is 1. The van der Waals surface area contributed by atoms with Crippen molar-refractivity contribution in [2.75, 3.05) is 32.1 Å². The number of nitrogens with one attached hydrogen (secondary N) is 1. The zero-order chi connectivity index (χ0) is 14.7. The lowest BCUT2D eigenvalue weighted by molar-refractivity contribution is 0.0937. The number of rotatable bonds is 4. The standard InChI is InChI=1S/C15H24N4O/c1-11(2)19-9-7-12(10-19)17-15(20)13-6-5-8-16-14(13)18(3)4/h5-6,8,11-12H,7,9-10H2,1-4H3,(H,17,20). The first kappa shape index (κ1) is 14.8. The van der Waals surface area contributed by atoms with E-state index in [0.717, 1.165) is 19.5 Å². The summed E-state index contributed by atoms with van der Waals surface area (Å²) in [6.07, 6.45) is 2.73. The van der Waals surface area contributed by atoms with Crippen molar-refractivity contribution in [1.29, 1.82) is 0 Å². The van der Waals surface area contributed by atoms with Crippen molar-refractivity contribution in [1.82, 2.24) is 15.2 Å². The Labute approximate surface area is 121 Å². The molecule has 0 radical (unpaired) electrons. The molecule has 5 nitrogen and oxygen atoms in total. The van der Waals surface area contributed by atoms with Crippen LogP contribution in [-0.2, 0) is 0 Å². The van der Waals surface area contributed by atoms with E-state index in [1.165, 1.54) is 0 Å². The van der Waals surface area contributed by atoms with Crippen LogP contribution in [0.3, 0.4) is 0 Å². The fraction of sp³-hybridized carbons (Fsp3) is 0.600. The molecule has 1 saturated heterocycles. The van der Waals surface area contributed by atoms with Gasteiger partial charge in [-0.25, -0.2) is 4.98 Å². The van der Waals surface area contributed by atoms with Gasteiger partial charge in [0, 0.05) is 45.5 Å². The highest BCUT2D eigenvalue weighted by atomic mass is 16.1. The van der Waals surface area contributed by atoms with Gasteiger partial charge in [0.1, 0.15) is 5.82 Å². The Bertz CT molecular complexity index is 473. The Morgan fingerprint density at radius 1 is 1.50 bits per heavy atom. The molecule has 110 valence electrons. The molecule has 1 aromatic heterocycles. The highest BCUT2D eigenvalue weighted by molar-refractivity contribution is 5.99. The molecule has 1 fully saturated rings. The zero-order valence-electron chi connectivity index (χ0n) is 12.8. The van der Waals surface area contributed by atoms with E-state index in [1.54, 1.807) is 12.3 Å². The highest BCUT2D eigenvalue weighted by Crippen LogP contribution is 2.17. The number of anilines is 1. The van der Waals surface area contributed by atoms with Gasteiger partial charge >= 0.3 is 0 Å². The Balaban J connectivity index is 2.03. The van der Waals surface area contributed by atoms with Gasteiger partial charge in [-0.3, -0.25) is 9.69 Å². The topological polar surface area (TPSA) is 48.5 Å². The predicted octanol–water partition coefficient (Wildman–Crippen LogP) is 1.36. The maximum absolute atomic E-state index is 12.4. The van der Waals surface area contributed by atoms with E-state index in [1.807, 2.05) is 25.1 Å². The third-order valence-electron chi connectivity index (χ3n) is 3.74. The molecule has 1 N–H and O–H groups in total. The first-order valence-electron chi connectivity index (χ1n) is 7.16. The van der Waals surface area contributed by atoms with E-state index >= 15 is 0 Å². The van der Waals surface area contributed by atoms with E-state index in [4.69, 9.17) is 0 Å². The maximum atomic E-state index is 12.4. The molecule has 5 heteroatoms. The van der Waals surface area contributed by atoms with E-state index in [-0.39, 0.29) is 11.9 Å². The summed E-state index contributed by atoms with van der Waals surface area (Å²) in [4.78, 5) is 20.9. The molecule has 0 aromatic carbocycles. The number of amides is 1. The molecule has 20 heavy (non-hydrogen) atoms. The Kier molecular flexibility index (Phi) is 4.60. The lowest BCUT2D eigenvalue weighted by atomic mass is 10.2. The normalized spacial score (nSPS) is 19.4. The molecule has 0 aliphatic carbocycles. The van der Waals surface area contributed by atoms with Crippen molar-refractivity contribution in [3.63, 3.8) is 0 Å². The van der Waals surface area contributed by atoms with Gasteiger partial charge in [0.2, 0.25) is 0 Å². The van der Waals surface area contributed by atoms with Crippen molar-refractivity contribution in [3.8, 4) is 0 Å². The Hall–Kier alpha value is -1.62. The summed E-state index contributed by atoms with van der Waals surface area (Å²) in [6.45, 7) is 6.36. The summed E-state index contributed by atoms with van der Waals surface area (Å²) in [7, 11) is 3.80. The van der Waals surface area contributed by atoms with Gasteiger partial charge in [-0.05, 0) is 32.4 Å². The van der Waals surface area contributed by atoms with Crippen LogP contribution in [0.5, 0.6) is 0 Å². The van der Waals surface area contributed by atoms with Gasteiger partial charge in [0.05, 0.1) is 5.56 Å². The Morgan fingerprint density at radius 3 is 2.85 bits per heavy atom. The zero-order valence-corrected chi connectivity index (χ0v) is 12.8. The van der Waals surface area contributed by atoms with Crippen molar-refractivity contribution in [2.45, 2.75) is 32.4 Å². The molecule has 1 aromatic rings. The fourth-order valence-electron chi connectivity index (χ4n) is 2.57. The van der Waals surface area contributed by atoms with Gasteiger partial charge in [-0.1, -0.05) is 0 Å². The summed E-state index contributed by atoms with van der Waals surface area (Å²) in [6, 6.07) is 4.40. The minimum atomic E-state index is -0.0302. The summed E-state index contributed by atoms with van der Waals surface area (Å²) >= 11 is 0. The molecule has 0 spiro atoms. The summed E-state index contributed by atoms with van der Waals surface area (Å²) in [5.74, 6) is 0.682. The van der Waals surface area contributed by atoms with Crippen LogP contribution in [0.4, 0.5) is 5.82 Å². The third kappa shape index (κ3) is 3.28. The SMILES string of the molecule is CC(C)N1CCC(NC(=O)c2cccnc2N(C)C)C1. The molecule has 1 aliphatic rings. The molecule has 2 heterocycles. The quantitative estimate of drug-likeness (QED) is 0.902. The molecule has 1 atom stereocenters. The van der Waals surface area contributed by atoms with E-state index in [0.29, 0.717) is 17.4 Å². The van der Waals surface area contributed by atoms with Gasteiger partial charge < -0.3 is 10.2 Å². The monoisotopic (exact) mass is 276 g/mol. The van der Waals surface area contributed by atoms with Crippen LogP contribution in [0.2, 0.25) is 0 Å². The minimum absolute atomic E-state index is 0.0302. The van der Waals surface area contributed by atoms with Crippen LogP contribution in [0.25, 0.3) is 0 Å². The molecular formula is C15H24N4O. The lowest BCUT2D eigenvalue weighted by Gasteiger charge is -2.21. The molecule has 0 saturated carbocycles. The molecule has 1 unspecified atom stereocenters. The molecule has 1 amide bonds. The Morgan fingerprint density at radius 2 is 2.25 bits per heavy atom. The van der Waals surface area contributed by atoms with Gasteiger partial charge in [0.25, 0.3) is 5.91 Å². The largest absolute Gasteiger partial charge is 0.362 e. The van der Waals surface area contributed by atoms with Crippen LogP contribution in [-0.4, -0.2) is 55.1 Å². The smallest absolute Gasteiger partial charge is 0.255 e. The minimum Gasteiger partial charge on any atom is -0.362 e. The number of carbonyl (C=O) groups excluding carboxylic acids is 1. The van der Waals surface area contributed by atoms with Crippen molar-refractivity contribution < 1.29 is 4.79 Å². The summed E-state index contributed by atoms with van der Waals surface area (Å²) < 4.78 is 0. The first-order valence-corrected chi connectivity index (χ1v) is 7.16. The maximum Gasteiger partial charge on any atom is 0.255 e. The highest BCUT2D eigenvalue weighted by Gasteiger charge is 2.26. The van der Waals surface area contributed by atoms with E-state index in [9.17, 15) is 4.79 Å². The van der Waals surface area contributed by atoms with Gasteiger partial charge in [-0.2, -0.15) is 0 Å². The number of aromatic nitrogens is 1. The number of hydrogen-bond acceptors (Lipinski definition) is 4. The summed E-state index contributed by atoms with van der Waals surface area (Å²) in [5, 5.41) is 3.13. The van der Waals surface area contributed by atoms with E-state index in [2.05, 4.69) is 29.0 Å². The average Bonchev–Trinajstić information content (AvgIpc) is 2.87. The van der Waals surface area contributed by atoms with Crippen LogP contribution in [0.1, 0.15) is 30.6 Å². The molecule has 2 rings (SSSR count). The summed E-state index contributed by atoms with van der Waals surface area (Å²) in [5.41, 5.74) is 0.639. The number of likely N-dealkylation sites (tertiary alicyclic amines) is 1. The lowest BCUT2D eigenvalue weighted by Crippen LogP contribution is -2.39. The van der Waals surface area contributed by atoms with E-state index < -0.39 is 0 Å². The second-order valence-electron chi connectivity index (χ2n) is 5.82.